The lowest BCUT2D eigenvalue weighted by atomic mass is 10.2. The highest BCUT2D eigenvalue weighted by Gasteiger charge is 2.15. The van der Waals surface area contributed by atoms with Gasteiger partial charge >= 0.3 is 17.9 Å². The molecular weight excluding hydrogens is 416 g/mol. The van der Waals surface area contributed by atoms with Crippen LogP contribution in [0.5, 0.6) is 0 Å². The molecule has 0 fully saturated rings. The molecule has 9 nitrogen and oxygen atoms in total. The van der Waals surface area contributed by atoms with Crippen LogP contribution < -0.4 is 0 Å². The maximum Gasteiger partial charge on any atom is 0.307 e. The molecule has 32 heavy (non-hydrogen) atoms. The average molecular weight is 459 g/mol. The molecule has 0 unspecified atom stereocenters. The van der Waals surface area contributed by atoms with Crippen LogP contribution in [0, 0.1) is 0 Å². The highest BCUT2D eigenvalue weighted by atomic mass is 16.5. The number of ether oxygens (including phenoxy) is 4. The number of hydrogen-bond donors (Lipinski definition) is 0. The third kappa shape index (κ3) is 16.5. The molecule has 0 amide bonds. The lowest BCUT2D eigenvalue weighted by molar-refractivity contribution is -0.145. The predicted octanol–water partition coefficient (Wildman–Crippen LogP) is 2.39. The minimum Gasteiger partial charge on any atom is -0.499 e. The van der Waals surface area contributed by atoms with Crippen LogP contribution in [0.1, 0.15) is 53.4 Å². The van der Waals surface area contributed by atoms with Crippen molar-refractivity contribution in [3.8, 4) is 0 Å². The molecule has 0 atom stereocenters. The van der Waals surface area contributed by atoms with Crippen molar-refractivity contribution in [3.63, 3.8) is 0 Å². The van der Waals surface area contributed by atoms with Crippen LogP contribution in [0.15, 0.2) is 12.3 Å². The van der Waals surface area contributed by atoms with E-state index < -0.39 is 0 Å². The topological polar surface area (TPSA) is 94.6 Å². The second-order valence-electron chi connectivity index (χ2n) is 7.07. The largest absolute Gasteiger partial charge is 0.499 e. The molecule has 0 saturated heterocycles. The number of hydrogen-bond acceptors (Lipinski definition) is 9. The van der Waals surface area contributed by atoms with E-state index in [-0.39, 0.29) is 30.7 Å². The molecule has 0 radical (unpaired) electrons. The highest BCUT2D eigenvalue weighted by Crippen LogP contribution is 2.06. The van der Waals surface area contributed by atoms with Gasteiger partial charge in [-0.25, -0.2) is 0 Å². The molecule has 186 valence electrons. The lowest BCUT2D eigenvalue weighted by Crippen LogP contribution is -2.39. The molecule has 0 bridgehead atoms. The molecular formula is C23H42N2O7. The van der Waals surface area contributed by atoms with Gasteiger partial charge in [-0.15, -0.1) is 0 Å². The Kier molecular flexibility index (Phi) is 18.2. The minimum atomic E-state index is -0.263. The minimum absolute atomic E-state index is 0.234. The van der Waals surface area contributed by atoms with E-state index in [4.69, 9.17) is 18.9 Å². The number of nitrogens with zero attached hydrogens (tertiary/aromatic N) is 2. The van der Waals surface area contributed by atoms with E-state index in [2.05, 4.69) is 11.5 Å². The van der Waals surface area contributed by atoms with Crippen molar-refractivity contribution in [1.29, 1.82) is 0 Å². The van der Waals surface area contributed by atoms with Crippen molar-refractivity contribution < 1.29 is 33.3 Å². The Morgan fingerprint density at radius 1 is 0.531 bits per heavy atom. The first-order chi connectivity index (χ1) is 15.4. The molecule has 0 aliphatic rings. The zero-order valence-corrected chi connectivity index (χ0v) is 20.4. The van der Waals surface area contributed by atoms with Gasteiger partial charge in [0.05, 0.1) is 51.4 Å². The molecule has 0 heterocycles. The molecule has 0 rings (SSSR count). The molecule has 0 aromatic carbocycles. The fourth-order valence-electron chi connectivity index (χ4n) is 2.96. The normalized spacial score (nSPS) is 10.8. The monoisotopic (exact) mass is 458 g/mol. The first kappa shape index (κ1) is 29.9. The number of rotatable bonds is 20. The van der Waals surface area contributed by atoms with Gasteiger partial charge in [-0.1, -0.05) is 6.58 Å². The van der Waals surface area contributed by atoms with Gasteiger partial charge in [0.1, 0.15) is 0 Å². The van der Waals surface area contributed by atoms with Crippen LogP contribution in [0.25, 0.3) is 0 Å². The summed E-state index contributed by atoms with van der Waals surface area (Å²) in [5.41, 5.74) is 0. The van der Waals surface area contributed by atoms with Crippen molar-refractivity contribution in [1.82, 2.24) is 9.80 Å². The first-order valence-corrected chi connectivity index (χ1v) is 11.6. The Labute approximate surface area is 193 Å². The van der Waals surface area contributed by atoms with Crippen LogP contribution in [0.2, 0.25) is 0 Å². The molecule has 0 spiro atoms. The summed E-state index contributed by atoms with van der Waals surface area (Å²) in [6, 6.07) is 0. The van der Waals surface area contributed by atoms with Crippen LogP contribution >= 0.6 is 0 Å². The molecule has 0 aromatic heterocycles. The summed E-state index contributed by atoms with van der Waals surface area (Å²) < 4.78 is 20.5. The Hall–Kier alpha value is -2.13. The first-order valence-electron chi connectivity index (χ1n) is 11.6. The van der Waals surface area contributed by atoms with E-state index in [9.17, 15) is 14.4 Å². The zero-order valence-electron chi connectivity index (χ0n) is 20.4. The van der Waals surface area contributed by atoms with Crippen molar-refractivity contribution >= 4 is 17.9 Å². The van der Waals surface area contributed by atoms with Crippen LogP contribution in [-0.2, 0) is 33.3 Å². The van der Waals surface area contributed by atoms with Gasteiger partial charge in [-0.3, -0.25) is 14.4 Å². The van der Waals surface area contributed by atoms with Gasteiger partial charge in [0.25, 0.3) is 0 Å². The summed E-state index contributed by atoms with van der Waals surface area (Å²) in [6.45, 7) is 16.2. The van der Waals surface area contributed by atoms with Gasteiger partial charge in [0.15, 0.2) is 0 Å². The zero-order chi connectivity index (χ0) is 24.2. The summed E-state index contributed by atoms with van der Waals surface area (Å²) in [5.74, 6) is -0.0562. The summed E-state index contributed by atoms with van der Waals surface area (Å²) in [4.78, 5) is 39.5. The Morgan fingerprint density at radius 3 is 1.16 bits per heavy atom. The van der Waals surface area contributed by atoms with Crippen LogP contribution in [-0.4, -0.2) is 93.4 Å². The van der Waals surface area contributed by atoms with E-state index in [1.165, 1.54) is 0 Å². The molecule has 0 aromatic rings. The summed E-state index contributed by atoms with van der Waals surface area (Å²) in [5, 5.41) is 0. The van der Waals surface area contributed by atoms with Crippen molar-refractivity contribution in [2.45, 2.75) is 53.4 Å². The molecule has 9 heteroatoms. The molecule has 0 aliphatic heterocycles. The Bertz CT molecular complexity index is 462. The van der Waals surface area contributed by atoms with Crippen LogP contribution in [0.3, 0.4) is 0 Å². The summed E-state index contributed by atoms with van der Waals surface area (Å²) >= 11 is 0. The SMILES string of the molecule is C=C(CCN(CCC(=O)OCC)CCN(CCC(=O)OCC)CCC(=O)OCC)OCC. The average Bonchev–Trinajstić information content (AvgIpc) is 2.75. The Balaban J connectivity index is 4.90. The van der Waals surface area contributed by atoms with Gasteiger partial charge in [0.2, 0.25) is 0 Å². The fraction of sp³-hybridized carbons (Fsp3) is 0.783. The number of esters is 3. The van der Waals surface area contributed by atoms with E-state index in [0.29, 0.717) is 84.3 Å². The summed E-state index contributed by atoms with van der Waals surface area (Å²) in [6.07, 6.45) is 1.45. The van der Waals surface area contributed by atoms with E-state index in [1.54, 1.807) is 20.8 Å². The van der Waals surface area contributed by atoms with Crippen molar-refractivity contribution in [2.24, 2.45) is 0 Å². The molecule has 0 saturated carbocycles. The van der Waals surface area contributed by atoms with E-state index in [0.717, 1.165) is 0 Å². The highest BCUT2D eigenvalue weighted by molar-refractivity contribution is 5.70. The second-order valence-corrected chi connectivity index (χ2v) is 7.07. The molecule has 0 aliphatic carbocycles. The smallest absolute Gasteiger partial charge is 0.307 e. The third-order valence-corrected chi connectivity index (χ3v) is 4.60. The maximum atomic E-state index is 11.8. The number of carbonyl (C=O) groups is 3. The second kappa shape index (κ2) is 19.5. The quantitative estimate of drug-likeness (QED) is 0.155. The van der Waals surface area contributed by atoms with Crippen molar-refractivity contribution in [2.75, 3.05) is 65.7 Å². The number of carbonyl (C=O) groups excluding carboxylic acids is 3. The standard InChI is InChI=1S/C23H42N2O7/c1-6-29-20(5)10-14-24(15-11-21(26)30-7-2)18-19-25(16-12-22(27)31-8-3)17-13-23(28)32-9-4/h5-19H2,1-4H3. The lowest BCUT2D eigenvalue weighted by Gasteiger charge is -2.27. The molecule has 0 N–H and O–H groups in total. The van der Waals surface area contributed by atoms with Gasteiger partial charge in [-0.2, -0.15) is 0 Å². The van der Waals surface area contributed by atoms with E-state index >= 15 is 0 Å². The van der Waals surface area contributed by atoms with E-state index in [1.807, 2.05) is 11.8 Å². The van der Waals surface area contributed by atoms with Gasteiger partial charge < -0.3 is 28.7 Å². The summed E-state index contributed by atoms with van der Waals surface area (Å²) in [7, 11) is 0. The van der Waals surface area contributed by atoms with Gasteiger partial charge in [0, 0.05) is 45.7 Å². The predicted molar refractivity (Wildman–Crippen MR) is 122 cm³/mol. The maximum absolute atomic E-state index is 11.8. The Morgan fingerprint density at radius 2 is 0.844 bits per heavy atom. The third-order valence-electron chi connectivity index (χ3n) is 4.60. The van der Waals surface area contributed by atoms with Gasteiger partial charge in [-0.05, 0) is 27.7 Å². The fourth-order valence-corrected chi connectivity index (χ4v) is 2.96. The van der Waals surface area contributed by atoms with Crippen molar-refractivity contribution in [3.05, 3.63) is 12.3 Å². The van der Waals surface area contributed by atoms with Crippen LogP contribution in [0.4, 0.5) is 0 Å².